The second kappa shape index (κ2) is 4.40. The van der Waals surface area contributed by atoms with Gasteiger partial charge in [0.25, 0.3) is 6.26 Å². The zero-order chi connectivity index (χ0) is 8.81. The van der Waals surface area contributed by atoms with Gasteiger partial charge in [-0.15, -0.1) is 0 Å². The van der Waals surface area contributed by atoms with E-state index >= 15 is 0 Å². The minimum Gasteiger partial charge on any atom is -0.424 e. The normalized spacial score (nSPS) is 11.7. The molecule has 1 unspecified atom stereocenters. The van der Waals surface area contributed by atoms with Crippen molar-refractivity contribution in [3.8, 4) is 6.26 Å². The first-order chi connectivity index (χ1) is 5.83. The largest absolute Gasteiger partial charge is 0.424 e. The van der Waals surface area contributed by atoms with Crippen molar-refractivity contribution in [2.45, 2.75) is 19.4 Å². The number of nitrogens with zero attached hydrogens (tertiary/aromatic N) is 1. The predicted molar refractivity (Wildman–Crippen MR) is 46.3 cm³/mol. The van der Waals surface area contributed by atoms with Crippen LogP contribution < -0.4 is 0 Å². The van der Waals surface area contributed by atoms with Crippen molar-refractivity contribution in [2.75, 3.05) is 0 Å². The first kappa shape index (κ1) is 8.61. The summed E-state index contributed by atoms with van der Waals surface area (Å²) in [6.45, 7) is 1.89. The summed E-state index contributed by atoms with van der Waals surface area (Å²) in [6.07, 6.45) is 2.44. The molecule has 2 heteroatoms. The predicted octanol–water partition coefficient (Wildman–Crippen LogP) is 2.12. The van der Waals surface area contributed by atoms with Crippen LogP contribution in [-0.2, 0) is 11.2 Å². The zero-order valence-corrected chi connectivity index (χ0v) is 7.03. The van der Waals surface area contributed by atoms with E-state index < -0.39 is 0 Å². The van der Waals surface area contributed by atoms with Crippen LogP contribution in [0.25, 0.3) is 0 Å². The Kier molecular flexibility index (Phi) is 3.16. The molecule has 0 saturated heterocycles. The molecular formula is C10H11NO. The first-order valence-corrected chi connectivity index (χ1v) is 3.91. The highest BCUT2D eigenvalue weighted by molar-refractivity contribution is 5.15. The minimum absolute atomic E-state index is 0.0302. The Bertz CT molecular complexity index is 263. The minimum atomic E-state index is -0.0302. The summed E-state index contributed by atoms with van der Waals surface area (Å²) < 4.78 is 4.75. The van der Waals surface area contributed by atoms with Crippen molar-refractivity contribution < 1.29 is 4.74 Å². The highest BCUT2D eigenvalue weighted by Gasteiger charge is 2.01. The van der Waals surface area contributed by atoms with Crippen LogP contribution in [0.3, 0.4) is 0 Å². The third-order valence-corrected chi connectivity index (χ3v) is 1.62. The van der Waals surface area contributed by atoms with Crippen LogP contribution in [0.4, 0.5) is 0 Å². The summed E-state index contributed by atoms with van der Waals surface area (Å²) >= 11 is 0. The fourth-order valence-electron chi connectivity index (χ4n) is 1.08. The molecule has 0 amide bonds. The molecule has 2 nitrogen and oxygen atoms in total. The smallest absolute Gasteiger partial charge is 0.286 e. The quantitative estimate of drug-likeness (QED) is 0.636. The molecule has 1 aromatic carbocycles. The first-order valence-electron chi connectivity index (χ1n) is 3.91. The Morgan fingerprint density at radius 1 is 1.42 bits per heavy atom. The maximum Gasteiger partial charge on any atom is 0.286 e. The molecule has 0 fully saturated rings. The van der Waals surface area contributed by atoms with Crippen molar-refractivity contribution in [1.29, 1.82) is 5.26 Å². The van der Waals surface area contributed by atoms with Gasteiger partial charge in [-0.2, -0.15) is 5.26 Å². The Morgan fingerprint density at radius 3 is 2.67 bits per heavy atom. The van der Waals surface area contributed by atoms with E-state index in [1.54, 1.807) is 6.26 Å². The molecule has 0 saturated carbocycles. The van der Waals surface area contributed by atoms with Gasteiger partial charge in [0.2, 0.25) is 0 Å². The monoisotopic (exact) mass is 161 g/mol. The van der Waals surface area contributed by atoms with Gasteiger partial charge in [0.15, 0.2) is 0 Å². The van der Waals surface area contributed by atoms with Crippen molar-refractivity contribution >= 4 is 0 Å². The number of hydrogen-bond acceptors (Lipinski definition) is 2. The summed E-state index contributed by atoms with van der Waals surface area (Å²) in [4.78, 5) is 0. The molecule has 0 heterocycles. The molecule has 1 atom stereocenters. The SMILES string of the molecule is CC(Cc1ccccc1)OC#N. The number of rotatable bonds is 3. The highest BCUT2D eigenvalue weighted by atomic mass is 16.5. The van der Waals surface area contributed by atoms with Crippen molar-refractivity contribution in [3.63, 3.8) is 0 Å². The van der Waals surface area contributed by atoms with Crippen LogP contribution in [-0.4, -0.2) is 6.10 Å². The van der Waals surface area contributed by atoms with E-state index in [1.165, 1.54) is 5.56 Å². The third-order valence-electron chi connectivity index (χ3n) is 1.62. The van der Waals surface area contributed by atoms with E-state index in [0.717, 1.165) is 6.42 Å². The Labute approximate surface area is 72.4 Å². The van der Waals surface area contributed by atoms with E-state index in [-0.39, 0.29) is 6.10 Å². The van der Waals surface area contributed by atoms with Crippen LogP contribution in [0, 0.1) is 11.5 Å². The lowest BCUT2D eigenvalue weighted by molar-refractivity contribution is 0.180. The number of nitriles is 1. The van der Waals surface area contributed by atoms with E-state index in [9.17, 15) is 0 Å². The maximum atomic E-state index is 8.24. The number of ether oxygens (including phenoxy) is 1. The summed E-state index contributed by atoms with van der Waals surface area (Å²) in [7, 11) is 0. The van der Waals surface area contributed by atoms with Gasteiger partial charge in [0, 0.05) is 6.42 Å². The molecule has 62 valence electrons. The molecule has 1 aromatic rings. The van der Waals surface area contributed by atoms with Crippen molar-refractivity contribution in [1.82, 2.24) is 0 Å². The van der Waals surface area contributed by atoms with Gasteiger partial charge in [0.1, 0.15) is 6.10 Å². The van der Waals surface area contributed by atoms with Crippen LogP contribution >= 0.6 is 0 Å². The van der Waals surface area contributed by atoms with Crippen LogP contribution in [0.2, 0.25) is 0 Å². The van der Waals surface area contributed by atoms with E-state index in [1.807, 2.05) is 37.3 Å². The van der Waals surface area contributed by atoms with Crippen molar-refractivity contribution in [3.05, 3.63) is 35.9 Å². The van der Waals surface area contributed by atoms with Gasteiger partial charge in [0.05, 0.1) is 0 Å². The Balaban J connectivity index is 2.48. The Hall–Kier alpha value is -1.49. The molecular weight excluding hydrogens is 150 g/mol. The van der Waals surface area contributed by atoms with Gasteiger partial charge in [-0.1, -0.05) is 30.3 Å². The molecule has 0 aliphatic rings. The summed E-state index contributed by atoms with van der Waals surface area (Å²) in [5, 5.41) is 8.24. The maximum absolute atomic E-state index is 8.24. The highest BCUT2D eigenvalue weighted by Crippen LogP contribution is 2.04. The molecule has 0 spiro atoms. The lowest BCUT2D eigenvalue weighted by atomic mass is 10.1. The van der Waals surface area contributed by atoms with E-state index in [0.29, 0.717) is 0 Å². The molecule has 0 N–H and O–H groups in total. The topological polar surface area (TPSA) is 33.0 Å². The van der Waals surface area contributed by atoms with E-state index in [2.05, 4.69) is 0 Å². The van der Waals surface area contributed by atoms with Crippen LogP contribution in [0.1, 0.15) is 12.5 Å². The lowest BCUT2D eigenvalue weighted by Gasteiger charge is -2.06. The number of hydrogen-bond donors (Lipinski definition) is 0. The lowest BCUT2D eigenvalue weighted by Crippen LogP contribution is -2.07. The molecule has 0 aromatic heterocycles. The van der Waals surface area contributed by atoms with Gasteiger partial charge in [-0.3, -0.25) is 0 Å². The average Bonchev–Trinajstić information content (AvgIpc) is 2.06. The second-order valence-corrected chi connectivity index (χ2v) is 2.71. The summed E-state index contributed by atoms with van der Waals surface area (Å²) in [5.74, 6) is 0. The van der Waals surface area contributed by atoms with Gasteiger partial charge >= 0.3 is 0 Å². The second-order valence-electron chi connectivity index (χ2n) is 2.71. The van der Waals surface area contributed by atoms with Crippen LogP contribution in [0.15, 0.2) is 30.3 Å². The molecule has 0 aliphatic carbocycles. The van der Waals surface area contributed by atoms with Crippen LogP contribution in [0.5, 0.6) is 0 Å². The van der Waals surface area contributed by atoms with Gasteiger partial charge < -0.3 is 4.74 Å². The molecule has 0 radical (unpaired) electrons. The third kappa shape index (κ3) is 2.63. The van der Waals surface area contributed by atoms with E-state index in [4.69, 9.17) is 10.00 Å². The summed E-state index contributed by atoms with van der Waals surface area (Å²) in [5.41, 5.74) is 1.19. The molecule has 0 aliphatic heterocycles. The zero-order valence-electron chi connectivity index (χ0n) is 7.03. The molecule has 0 bridgehead atoms. The van der Waals surface area contributed by atoms with Gasteiger partial charge in [-0.25, -0.2) is 0 Å². The standard InChI is InChI=1S/C10H11NO/c1-9(12-8-11)7-10-5-3-2-4-6-10/h2-6,9H,7H2,1H3. The fraction of sp³-hybridized carbons (Fsp3) is 0.300. The van der Waals surface area contributed by atoms with Gasteiger partial charge in [-0.05, 0) is 12.5 Å². The summed E-state index contributed by atoms with van der Waals surface area (Å²) in [6, 6.07) is 9.98. The Morgan fingerprint density at radius 2 is 2.08 bits per heavy atom. The fourth-order valence-corrected chi connectivity index (χ4v) is 1.08. The average molecular weight is 161 g/mol. The van der Waals surface area contributed by atoms with Crippen molar-refractivity contribution in [2.24, 2.45) is 0 Å². The number of benzene rings is 1. The molecule has 1 rings (SSSR count). The molecule has 12 heavy (non-hydrogen) atoms.